The van der Waals surface area contributed by atoms with E-state index >= 15 is 0 Å². The van der Waals surface area contributed by atoms with Crippen LogP contribution in [0.3, 0.4) is 0 Å². The van der Waals surface area contributed by atoms with E-state index in [0.29, 0.717) is 12.3 Å². The van der Waals surface area contributed by atoms with Crippen LogP contribution < -0.4 is 10.5 Å². The molecule has 0 radical (unpaired) electrons. The Morgan fingerprint density at radius 3 is 2.61 bits per heavy atom. The van der Waals surface area contributed by atoms with Crippen molar-refractivity contribution in [3.8, 4) is 5.75 Å². The van der Waals surface area contributed by atoms with Crippen molar-refractivity contribution in [2.24, 2.45) is 11.7 Å². The normalized spacial score (nSPS) is 27.9. The van der Waals surface area contributed by atoms with E-state index in [4.69, 9.17) is 10.5 Å². The lowest BCUT2D eigenvalue weighted by atomic mass is 9.82. The van der Waals surface area contributed by atoms with Crippen LogP contribution >= 0.6 is 0 Å². The van der Waals surface area contributed by atoms with Gasteiger partial charge in [0.15, 0.2) is 0 Å². The van der Waals surface area contributed by atoms with Crippen molar-refractivity contribution in [1.82, 2.24) is 4.90 Å². The van der Waals surface area contributed by atoms with E-state index in [0.717, 1.165) is 38.0 Å². The molecule has 1 aliphatic carbocycles. The minimum absolute atomic E-state index is 0.203. The van der Waals surface area contributed by atoms with Gasteiger partial charge >= 0.3 is 0 Å². The minimum atomic E-state index is 0.203. The zero-order valence-electron chi connectivity index (χ0n) is 14.0. The first-order chi connectivity index (χ1) is 11.2. The molecule has 1 heterocycles. The lowest BCUT2D eigenvalue weighted by Gasteiger charge is -2.31. The Hall–Kier alpha value is -1.55. The van der Waals surface area contributed by atoms with Crippen LogP contribution in [-0.2, 0) is 4.79 Å². The average molecular weight is 316 g/mol. The van der Waals surface area contributed by atoms with Crippen molar-refractivity contribution in [2.75, 3.05) is 13.7 Å². The monoisotopic (exact) mass is 316 g/mol. The molecule has 2 N–H and O–H groups in total. The number of nitrogens with two attached hydrogens (primary N) is 1. The van der Waals surface area contributed by atoms with E-state index in [1.165, 1.54) is 18.4 Å². The van der Waals surface area contributed by atoms with Crippen molar-refractivity contribution >= 4 is 5.91 Å². The number of rotatable bonds is 4. The standard InChI is InChI=1S/C19H28N2O2/c1-23-16-10-8-14(9-11-16)18-7-4-12-21(18)19(22)13-15-5-2-3-6-17(15)20/h8-11,15,17-18H,2-7,12-13,20H2,1H3. The summed E-state index contributed by atoms with van der Waals surface area (Å²) in [6, 6.07) is 8.55. The van der Waals surface area contributed by atoms with Gasteiger partial charge in [-0.2, -0.15) is 0 Å². The Morgan fingerprint density at radius 2 is 1.91 bits per heavy atom. The zero-order valence-corrected chi connectivity index (χ0v) is 14.0. The van der Waals surface area contributed by atoms with Gasteiger partial charge in [0, 0.05) is 19.0 Å². The maximum atomic E-state index is 12.8. The first-order valence-electron chi connectivity index (χ1n) is 8.88. The Balaban J connectivity index is 1.66. The number of ether oxygens (including phenoxy) is 1. The molecule has 4 heteroatoms. The summed E-state index contributed by atoms with van der Waals surface area (Å²) in [4.78, 5) is 14.9. The first kappa shape index (κ1) is 16.3. The zero-order chi connectivity index (χ0) is 16.2. The second kappa shape index (κ2) is 7.35. The highest BCUT2D eigenvalue weighted by molar-refractivity contribution is 5.77. The van der Waals surface area contributed by atoms with Gasteiger partial charge in [0.1, 0.15) is 5.75 Å². The predicted molar refractivity (Wildman–Crippen MR) is 91.2 cm³/mol. The molecule has 1 saturated carbocycles. The molecule has 1 saturated heterocycles. The van der Waals surface area contributed by atoms with Crippen molar-refractivity contribution < 1.29 is 9.53 Å². The maximum absolute atomic E-state index is 12.8. The van der Waals surface area contributed by atoms with E-state index in [2.05, 4.69) is 17.0 Å². The van der Waals surface area contributed by atoms with Gasteiger partial charge in [-0.15, -0.1) is 0 Å². The fraction of sp³-hybridized carbons (Fsp3) is 0.632. The second-order valence-electron chi connectivity index (χ2n) is 6.93. The highest BCUT2D eigenvalue weighted by Gasteiger charge is 2.32. The Morgan fingerprint density at radius 1 is 1.17 bits per heavy atom. The van der Waals surface area contributed by atoms with Crippen LogP contribution in [0.5, 0.6) is 5.75 Å². The van der Waals surface area contributed by atoms with Gasteiger partial charge in [-0.25, -0.2) is 0 Å². The molecule has 0 aromatic heterocycles. The van der Waals surface area contributed by atoms with Crippen LogP contribution in [0, 0.1) is 5.92 Å². The number of likely N-dealkylation sites (tertiary alicyclic amines) is 1. The van der Waals surface area contributed by atoms with E-state index in [1.54, 1.807) is 7.11 Å². The predicted octanol–water partition coefficient (Wildman–Crippen LogP) is 3.27. The Kier molecular flexibility index (Phi) is 5.21. The summed E-state index contributed by atoms with van der Waals surface area (Å²) < 4.78 is 5.22. The van der Waals surface area contributed by atoms with Crippen LogP contribution in [0.15, 0.2) is 24.3 Å². The molecule has 1 amide bonds. The van der Waals surface area contributed by atoms with Crippen molar-refractivity contribution in [1.29, 1.82) is 0 Å². The quantitative estimate of drug-likeness (QED) is 0.927. The third-order valence-electron chi connectivity index (χ3n) is 5.48. The van der Waals surface area contributed by atoms with E-state index in [1.807, 2.05) is 12.1 Å². The number of methoxy groups -OCH3 is 1. The van der Waals surface area contributed by atoms with Crippen molar-refractivity contribution in [3.63, 3.8) is 0 Å². The van der Waals surface area contributed by atoms with Crippen LogP contribution in [-0.4, -0.2) is 30.5 Å². The number of carbonyl (C=O) groups is 1. The number of amides is 1. The number of hydrogen-bond acceptors (Lipinski definition) is 3. The van der Waals surface area contributed by atoms with Crippen molar-refractivity contribution in [2.45, 2.75) is 57.0 Å². The maximum Gasteiger partial charge on any atom is 0.223 e. The second-order valence-corrected chi connectivity index (χ2v) is 6.93. The molecule has 4 nitrogen and oxygen atoms in total. The van der Waals surface area contributed by atoms with Crippen LogP contribution in [0.4, 0.5) is 0 Å². The number of nitrogens with zero attached hydrogens (tertiary/aromatic N) is 1. The molecule has 1 aliphatic heterocycles. The summed E-state index contributed by atoms with van der Waals surface area (Å²) in [5.74, 6) is 1.51. The molecule has 1 aromatic rings. The molecular weight excluding hydrogens is 288 g/mol. The van der Waals surface area contributed by atoms with E-state index in [-0.39, 0.29) is 18.0 Å². The molecule has 3 unspecified atom stereocenters. The molecule has 3 atom stereocenters. The Labute approximate surface area is 139 Å². The molecule has 2 fully saturated rings. The van der Waals surface area contributed by atoms with E-state index in [9.17, 15) is 4.79 Å². The highest BCUT2D eigenvalue weighted by Crippen LogP contribution is 2.35. The van der Waals surface area contributed by atoms with Gasteiger partial charge in [-0.1, -0.05) is 25.0 Å². The van der Waals surface area contributed by atoms with Gasteiger partial charge in [-0.3, -0.25) is 4.79 Å². The Bertz CT molecular complexity index is 529. The molecule has 2 aliphatic rings. The van der Waals surface area contributed by atoms with Gasteiger partial charge in [0.2, 0.25) is 5.91 Å². The fourth-order valence-electron chi connectivity index (χ4n) is 4.07. The summed E-state index contributed by atoms with van der Waals surface area (Å²) in [7, 11) is 1.67. The van der Waals surface area contributed by atoms with Crippen LogP contribution in [0.1, 0.15) is 56.6 Å². The van der Waals surface area contributed by atoms with Crippen LogP contribution in [0.25, 0.3) is 0 Å². The number of carbonyl (C=O) groups excluding carboxylic acids is 1. The summed E-state index contributed by atoms with van der Waals surface area (Å²) in [6.45, 7) is 0.873. The summed E-state index contributed by atoms with van der Waals surface area (Å²) in [5, 5.41) is 0. The molecule has 1 aromatic carbocycles. The smallest absolute Gasteiger partial charge is 0.223 e. The number of benzene rings is 1. The summed E-state index contributed by atoms with van der Waals surface area (Å²) in [6.07, 6.45) is 7.35. The SMILES string of the molecule is COc1ccc(C2CCCN2C(=O)CC2CCCCC2N)cc1. The van der Waals surface area contributed by atoms with Crippen LogP contribution in [0.2, 0.25) is 0 Å². The lowest BCUT2D eigenvalue weighted by Crippen LogP contribution is -2.38. The molecule has 126 valence electrons. The topological polar surface area (TPSA) is 55.6 Å². The number of hydrogen-bond donors (Lipinski definition) is 1. The highest BCUT2D eigenvalue weighted by atomic mass is 16.5. The molecular formula is C19H28N2O2. The fourth-order valence-corrected chi connectivity index (χ4v) is 4.07. The average Bonchev–Trinajstić information content (AvgIpc) is 3.07. The van der Waals surface area contributed by atoms with Gasteiger partial charge in [0.25, 0.3) is 0 Å². The third-order valence-corrected chi connectivity index (χ3v) is 5.48. The van der Waals surface area contributed by atoms with Gasteiger partial charge in [0.05, 0.1) is 13.2 Å². The summed E-state index contributed by atoms with van der Waals surface area (Å²) >= 11 is 0. The lowest BCUT2D eigenvalue weighted by molar-refractivity contribution is -0.133. The van der Waals surface area contributed by atoms with Gasteiger partial charge in [-0.05, 0) is 49.3 Å². The first-order valence-corrected chi connectivity index (χ1v) is 8.88. The van der Waals surface area contributed by atoms with Crippen molar-refractivity contribution in [3.05, 3.63) is 29.8 Å². The van der Waals surface area contributed by atoms with Gasteiger partial charge < -0.3 is 15.4 Å². The largest absolute Gasteiger partial charge is 0.497 e. The molecule has 0 bridgehead atoms. The molecule has 23 heavy (non-hydrogen) atoms. The molecule has 0 spiro atoms. The molecule has 3 rings (SSSR count). The third kappa shape index (κ3) is 3.69. The summed E-state index contributed by atoms with van der Waals surface area (Å²) in [5.41, 5.74) is 7.43. The van der Waals surface area contributed by atoms with E-state index < -0.39 is 0 Å². The minimum Gasteiger partial charge on any atom is -0.497 e.